The second kappa shape index (κ2) is 8.17. The van der Waals surface area contributed by atoms with Gasteiger partial charge in [-0.1, -0.05) is 11.6 Å². The maximum Gasteiger partial charge on any atom is 0.319 e. The largest absolute Gasteiger partial charge is 0.476 e. The highest BCUT2D eigenvalue weighted by atomic mass is 35.5. The minimum Gasteiger partial charge on any atom is -0.476 e. The van der Waals surface area contributed by atoms with Gasteiger partial charge in [0, 0.05) is 13.8 Å². The number of nitrogens with zero attached hydrogens (tertiary/aromatic N) is 5. The Morgan fingerprint density at radius 2 is 2.14 bits per heavy atom. The molecule has 0 aliphatic heterocycles. The van der Waals surface area contributed by atoms with Crippen molar-refractivity contribution in [2.24, 2.45) is 5.92 Å². The molecule has 1 saturated carbocycles. The summed E-state index contributed by atoms with van der Waals surface area (Å²) in [6, 6.07) is 0. The SMILES string of the molecule is [C-]#[N+]C(C)(C)n1cc(Nc2ncc(Cl)c(OCC3CCC(C)(O)CC3)n2)c(C)n1. The lowest BCUT2D eigenvalue weighted by atomic mass is 9.80. The van der Waals surface area contributed by atoms with Gasteiger partial charge in [0.05, 0.1) is 36.0 Å². The molecule has 2 aromatic heterocycles. The van der Waals surface area contributed by atoms with Crippen molar-refractivity contribution in [3.05, 3.63) is 34.5 Å². The molecule has 2 aromatic rings. The third-order valence-electron chi connectivity index (χ3n) is 5.33. The number of hydrogen-bond acceptors (Lipinski definition) is 6. The zero-order valence-electron chi connectivity index (χ0n) is 17.2. The number of rotatable bonds is 6. The van der Waals surface area contributed by atoms with Crippen LogP contribution in [-0.4, -0.2) is 37.1 Å². The number of aliphatic hydroxyl groups is 1. The number of halogens is 1. The van der Waals surface area contributed by atoms with Crippen LogP contribution in [-0.2, 0) is 5.66 Å². The topological polar surface area (TPSA) is 89.5 Å². The quantitative estimate of drug-likeness (QED) is 0.679. The van der Waals surface area contributed by atoms with Crippen molar-refractivity contribution in [3.8, 4) is 5.88 Å². The van der Waals surface area contributed by atoms with Gasteiger partial charge in [0.2, 0.25) is 11.8 Å². The molecule has 1 aliphatic carbocycles. The maximum absolute atomic E-state index is 10.1. The molecule has 0 aromatic carbocycles. The van der Waals surface area contributed by atoms with Crippen LogP contribution in [0.25, 0.3) is 4.85 Å². The zero-order valence-corrected chi connectivity index (χ0v) is 18.0. The Morgan fingerprint density at radius 3 is 2.79 bits per heavy atom. The van der Waals surface area contributed by atoms with Crippen LogP contribution in [0.4, 0.5) is 11.6 Å². The third kappa shape index (κ3) is 5.17. The molecule has 2 heterocycles. The van der Waals surface area contributed by atoms with E-state index < -0.39 is 11.3 Å². The van der Waals surface area contributed by atoms with Crippen LogP contribution in [0.3, 0.4) is 0 Å². The fourth-order valence-electron chi connectivity index (χ4n) is 3.21. The first kappa shape index (κ1) is 21.3. The Bertz CT molecular complexity index is 908. The summed E-state index contributed by atoms with van der Waals surface area (Å²) in [7, 11) is 0. The van der Waals surface area contributed by atoms with Crippen molar-refractivity contribution in [2.45, 2.75) is 64.6 Å². The predicted octanol–water partition coefficient (Wildman–Crippen LogP) is 4.31. The van der Waals surface area contributed by atoms with E-state index in [-0.39, 0.29) is 0 Å². The summed E-state index contributed by atoms with van der Waals surface area (Å²) in [6.45, 7) is 15.2. The van der Waals surface area contributed by atoms with Crippen LogP contribution in [0.2, 0.25) is 5.02 Å². The van der Waals surface area contributed by atoms with E-state index in [0.717, 1.165) is 31.4 Å². The van der Waals surface area contributed by atoms with Gasteiger partial charge in [0.25, 0.3) is 0 Å². The smallest absolute Gasteiger partial charge is 0.319 e. The highest BCUT2D eigenvalue weighted by Crippen LogP contribution is 2.33. The molecule has 0 amide bonds. The lowest BCUT2D eigenvalue weighted by molar-refractivity contribution is 0.00129. The molecular formula is C20H27ClN6O2. The fraction of sp³-hybridized carbons (Fsp3) is 0.600. The molecule has 0 saturated heterocycles. The first-order chi connectivity index (χ1) is 13.6. The number of anilines is 2. The van der Waals surface area contributed by atoms with Gasteiger partial charge in [-0.25, -0.2) is 11.6 Å². The molecule has 0 atom stereocenters. The van der Waals surface area contributed by atoms with Crippen molar-refractivity contribution in [1.82, 2.24) is 19.7 Å². The molecule has 2 N–H and O–H groups in total. The average molecular weight is 419 g/mol. The predicted molar refractivity (Wildman–Crippen MR) is 111 cm³/mol. The normalized spacial score (nSPS) is 22.2. The van der Waals surface area contributed by atoms with Crippen LogP contribution >= 0.6 is 11.6 Å². The highest BCUT2D eigenvalue weighted by Gasteiger charge is 2.29. The molecule has 0 unspecified atom stereocenters. The van der Waals surface area contributed by atoms with Gasteiger partial charge in [0.1, 0.15) is 5.02 Å². The van der Waals surface area contributed by atoms with Gasteiger partial charge in [0.15, 0.2) is 0 Å². The number of ether oxygens (including phenoxy) is 1. The minimum atomic E-state index is -0.773. The van der Waals surface area contributed by atoms with E-state index in [0.29, 0.717) is 35.1 Å². The van der Waals surface area contributed by atoms with Crippen LogP contribution in [0.5, 0.6) is 5.88 Å². The second-order valence-electron chi connectivity index (χ2n) is 8.40. The Hall–Kier alpha value is -2.37. The summed E-state index contributed by atoms with van der Waals surface area (Å²) in [5.74, 6) is 1.04. The maximum atomic E-state index is 10.1. The van der Waals surface area contributed by atoms with Crippen molar-refractivity contribution in [2.75, 3.05) is 11.9 Å². The number of aryl methyl sites for hydroxylation is 1. The summed E-state index contributed by atoms with van der Waals surface area (Å²) in [4.78, 5) is 12.2. The van der Waals surface area contributed by atoms with E-state index in [1.165, 1.54) is 6.20 Å². The molecule has 9 heteroatoms. The Morgan fingerprint density at radius 1 is 1.45 bits per heavy atom. The first-order valence-corrected chi connectivity index (χ1v) is 10.1. The number of hydrogen-bond donors (Lipinski definition) is 2. The molecule has 156 valence electrons. The Labute approximate surface area is 176 Å². The number of nitrogens with one attached hydrogen (secondary N) is 1. The van der Waals surface area contributed by atoms with Crippen molar-refractivity contribution in [3.63, 3.8) is 0 Å². The molecule has 8 nitrogen and oxygen atoms in total. The van der Waals surface area contributed by atoms with Crippen LogP contribution in [0, 0.1) is 19.4 Å². The van der Waals surface area contributed by atoms with E-state index in [1.54, 1.807) is 24.7 Å². The van der Waals surface area contributed by atoms with Crippen LogP contribution < -0.4 is 10.1 Å². The Kier molecular flexibility index (Phi) is 6.01. The number of aromatic nitrogens is 4. The van der Waals surface area contributed by atoms with Crippen LogP contribution in [0.15, 0.2) is 12.4 Å². The van der Waals surface area contributed by atoms with E-state index in [2.05, 4.69) is 25.2 Å². The standard InChI is InChI=1S/C20H27ClN6O2/c1-13-16(11-27(26-13)19(2,3)22-5)24-18-23-10-15(21)17(25-18)29-12-14-6-8-20(4,28)9-7-14/h10-11,14,28H,6-9,12H2,1-4H3,(H,23,24,25). The van der Waals surface area contributed by atoms with E-state index in [4.69, 9.17) is 22.9 Å². The van der Waals surface area contributed by atoms with Gasteiger partial charge in [-0.3, -0.25) is 4.85 Å². The molecule has 1 fully saturated rings. The molecule has 0 radical (unpaired) electrons. The molecule has 0 spiro atoms. The van der Waals surface area contributed by atoms with Crippen LogP contribution in [0.1, 0.15) is 52.1 Å². The molecule has 3 rings (SSSR count). The molecule has 1 aliphatic rings. The summed E-state index contributed by atoms with van der Waals surface area (Å²) in [5.41, 5.74) is 0.107. The Balaban J connectivity index is 1.68. The van der Waals surface area contributed by atoms with Gasteiger partial charge in [-0.2, -0.15) is 14.8 Å². The van der Waals surface area contributed by atoms with Gasteiger partial charge >= 0.3 is 5.66 Å². The van der Waals surface area contributed by atoms with Gasteiger partial charge < -0.3 is 15.2 Å². The minimum absolute atomic E-state index is 0.327. The van der Waals surface area contributed by atoms with E-state index >= 15 is 0 Å². The third-order valence-corrected chi connectivity index (χ3v) is 5.59. The summed E-state index contributed by atoms with van der Waals surface area (Å²) in [6.07, 6.45) is 6.64. The van der Waals surface area contributed by atoms with Crippen molar-refractivity contribution in [1.29, 1.82) is 0 Å². The lowest BCUT2D eigenvalue weighted by Gasteiger charge is -2.32. The van der Waals surface area contributed by atoms with E-state index in [9.17, 15) is 5.11 Å². The zero-order chi connectivity index (χ0) is 21.2. The highest BCUT2D eigenvalue weighted by molar-refractivity contribution is 6.31. The monoisotopic (exact) mass is 418 g/mol. The summed E-state index contributed by atoms with van der Waals surface area (Å²) >= 11 is 6.21. The summed E-state index contributed by atoms with van der Waals surface area (Å²) in [5, 5.41) is 18.0. The fourth-order valence-corrected chi connectivity index (χ4v) is 3.36. The van der Waals surface area contributed by atoms with Crippen molar-refractivity contribution < 1.29 is 9.84 Å². The van der Waals surface area contributed by atoms with E-state index in [1.807, 2.05) is 13.8 Å². The van der Waals surface area contributed by atoms with Crippen molar-refractivity contribution >= 4 is 23.2 Å². The summed E-state index contributed by atoms with van der Waals surface area (Å²) < 4.78 is 7.48. The average Bonchev–Trinajstić information content (AvgIpc) is 3.04. The van der Waals surface area contributed by atoms with Gasteiger partial charge in [-0.05, 0) is 45.4 Å². The lowest BCUT2D eigenvalue weighted by Crippen LogP contribution is -2.32. The first-order valence-electron chi connectivity index (χ1n) is 9.70. The second-order valence-corrected chi connectivity index (χ2v) is 8.81. The molecule has 29 heavy (non-hydrogen) atoms. The van der Waals surface area contributed by atoms with Gasteiger partial charge in [-0.15, -0.1) is 0 Å². The molecule has 0 bridgehead atoms. The molecular weight excluding hydrogens is 392 g/mol.